The van der Waals surface area contributed by atoms with Crippen LogP contribution in [0.5, 0.6) is 5.75 Å². The number of carbonyl (C=O) groups excluding carboxylic acids is 2. The van der Waals surface area contributed by atoms with Crippen molar-refractivity contribution in [1.29, 1.82) is 0 Å². The van der Waals surface area contributed by atoms with Gasteiger partial charge in [-0.15, -0.1) is 0 Å². The van der Waals surface area contributed by atoms with E-state index in [2.05, 4.69) is 15.5 Å². The summed E-state index contributed by atoms with van der Waals surface area (Å²) in [6.07, 6.45) is 0. The lowest BCUT2D eigenvalue weighted by atomic mass is 10.1. The number of benzene rings is 2. The zero-order chi connectivity index (χ0) is 22.9. The van der Waals surface area contributed by atoms with Gasteiger partial charge in [-0.1, -0.05) is 11.6 Å². The molecule has 1 heterocycles. The van der Waals surface area contributed by atoms with Gasteiger partial charge in [0.05, 0.1) is 18.8 Å². The van der Waals surface area contributed by atoms with Crippen LogP contribution in [-0.4, -0.2) is 76.8 Å². The summed E-state index contributed by atoms with van der Waals surface area (Å²) >= 11 is 5.85. The molecular formula is C23H29ClN4O4. The van der Waals surface area contributed by atoms with Gasteiger partial charge in [0, 0.05) is 56.7 Å². The molecule has 32 heavy (non-hydrogen) atoms. The largest absolute Gasteiger partial charge is 0.484 e. The van der Waals surface area contributed by atoms with Crippen molar-refractivity contribution in [2.45, 2.75) is 0 Å². The van der Waals surface area contributed by atoms with E-state index in [1.807, 2.05) is 25.1 Å². The molecule has 0 atom stereocenters. The highest BCUT2D eigenvalue weighted by Gasteiger charge is 2.16. The fourth-order valence-corrected chi connectivity index (χ4v) is 3.44. The first-order chi connectivity index (χ1) is 15.4. The van der Waals surface area contributed by atoms with Crippen molar-refractivity contribution < 1.29 is 19.1 Å². The van der Waals surface area contributed by atoms with Gasteiger partial charge < -0.3 is 25.0 Å². The molecular weight excluding hydrogens is 432 g/mol. The molecule has 1 saturated heterocycles. The summed E-state index contributed by atoms with van der Waals surface area (Å²) in [5.41, 5.74) is 1.79. The summed E-state index contributed by atoms with van der Waals surface area (Å²) in [7, 11) is 3.75. The zero-order valence-corrected chi connectivity index (χ0v) is 19.2. The Morgan fingerprint density at radius 3 is 2.53 bits per heavy atom. The predicted octanol–water partition coefficient (Wildman–Crippen LogP) is 2.49. The fourth-order valence-electron chi connectivity index (χ4n) is 3.31. The van der Waals surface area contributed by atoms with Gasteiger partial charge in [-0.2, -0.15) is 0 Å². The third kappa shape index (κ3) is 7.12. The Labute approximate surface area is 193 Å². The minimum atomic E-state index is -0.323. The number of morpholine rings is 1. The summed E-state index contributed by atoms with van der Waals surface area (Å²) in [5, 5.41) is 6.35. The molecule has 3 rings (SSSR count). The van der Waals surface area contributed by atoms with Gasteiger partial charge in [0.2, 0.25) is 0 Å². The van der Waals surface area contributed by atoms with Gasteiger partial charge in [-0.05, 0) is 42.5 Å². The molecule has 2 aromatic rings. The highest BCUT2D eigenvalue weighted by Crippen LogP contribution is 2.23. The van der Waals surface area contributed by atoms with E-state index in [9.17, 15) is 9.59 Å². The molecule has 0 saturated carbocycles. The summed E-state index contributed by atoms with van der Waals surface area (Å²) in [6, 6.07) is 12.0. The van der Waals surface area contributed by atoms with Crippen LogP contribution in [0.1, 0.15) is 10.4 Å². The number of anilines is 2. The highest BCUT2D eigenvalue weighted by atomic mass is 35.5. The third-order valence-electron chi connectivity index (χ3n) is 5.01. The topological polar surface area (TPSA) is 83.1 Å². The Kier molecular flexibility index (Phi) is 8.72. The molecule has 2 amide bonds. The molecule has 1 aliphatic heterocycles. The first kappa shape index (κ1) is 23.8. The number of hydrogen-bond donors (Lipinski definition) is 2. The molecule has 1 fully saturated rings. The highest BCUT2D eigenvalue weighted by molar-refractivity contribution is 6.30. The molecule has 172 valence electrons. The third-order valence-corrected chi connectivity index (χ3v) is 5.26. The van der Waals surface area contributed by atoms with Crippen LogP contribution in [0.3, 0.4) is 0 Å². The second-order valence-electron chi connectivity index (χ2n) is 7.63. The summed E-state index contributed by atoms with van der Waals surface area (Å²) in [6.45, 7) is 4.35. The van der Waals surface area contributed by atoms with Crippen LogP contribution in [-0.2, 0) is 9.53 Å². The maximum absolute atomic E-state index is 12.9. The molecule has 2 aromatic carbocycles. The van der Waals surface area contributed by atoms with Crippen molar-refractivity contribution in [2.24, 2.45) is 0 Å². The molecule has 0 radical (unpaired) electrons. The maximum atomic E-state index is 12.9. The van der Waals surface area contributed by atoms with Crippen LogP contribution in [0, 0.1) is 0 Å². The van der Waals surface area contributed by atoms with E-state index in [4.69, 9.17) is 21.1 Å². The first-order valence-corrected chi connectivity index (χ1v) is 10.9. The summed E-state index contributed by atoms with van der Waals surface area (Å²) in [4.78, 5) is 29.3. The number of hydrogen-bond acceptors (Lipinski definition) is 6. The number of amides is 2. The number of nitrogens with one attached hydrogen (secondary N) is 2. The molecule has 0 unspecified atom stereocenters. The summed E-state index contributed by atoms with van der Waals surface area (Å²) < 4.78 is 10.8. The zero-order valence-electron chi connectivity index (χ0n) is 18.4. The standard InChI is InChI=1S/C23H29ClN4O4/c1-27(2)21-8-5-18(26-22(29)16-32-19-6-3-17(24)4-7-19)15-20(21)23(30)25-9-10-28-11-13-31-14-12-28/h3-8,15H,9-14,16H2,1-2H3,(H,25,30)(H,26,29). The van der Waals surface area contributed by atoms with E-state index in [-0.39, 0.29) is 18.4 Å². The first-order valence-electron chi connectivity index (χ1n) is 10.5. The van der Waals surface area contributed by atoms with E-state index >= 15 is 0 Å². The fraction of sp³-hybridized carbons (Fsp3) is 0.391. The average Bonchev–Trinajstić information content (AvgIpc) is 2.79. The van der Waals surface area contributed by atoms with Crippen LogP contribution in [0.4, 0.5) is 11.4 Å². The molecule has 2 N–H and O–H groups in total. The second-order valence-corrected chi connectivity index (χ2v) is 8.06. The number of ether oxygens (including phenoxy) is 2. The second kappa shape index (κ2) is 11.7. The van der Waals surface area contributed by atoms with Gasteiger partial charge >= 0.3 is 0 Å². The van der Waals surface area contributed by atoms with Crippen LogP contribution >= 0.6 is 11.6 Å². The minimum Gasteiger partial charge on any atom is -0.484 e. The van der Waals surface area contributed by atoms with Gasteiger partial charge in [0.15, 0.2) is 6.61 Å². The van der Waals surface area contributed by atoms with Gasteiger partial charge in [-0.3, -0.25) is 14.5 Å². The SMILES string of the molecule is CN(C)c1ccc(NC(=O)COc2ccc(Cl)cc2)cc1C(=O)NCCN1CCOCC1. The Bertz CT molecular complexity index is 915. The van der Waals surface area contributed by atoms with Crippen molar-refractivity contribution >= 4 is 34.8 Å². The van der Waals surface area contributed by atoms with Gasteiger partial charge in [-0.25, -0.2) is 0 Å². The molecule has 0 bridgehead atoms. The van der Waals surface area contributed by atoms with Gasteiger partial charge in [0.1, 0.15) is 5.75 Å². The van der Waals surface area contributed by atoms with E-state index in [1.165, 1.54) is 0 Å². The van der Waals surface area contributed by atoms with Crippen molar-refractivity contribution in [1.82, 2.24) is 10.2 Å². The molecule has 0 spiro atoms. The monoisotopic (exact) mass is 460 g/mol. The van der Waals surface area contributed by atoms with Crippen molar-refractivity contribution in [3.05, 3.63) is 53.1 Å². The lowest BCUT2D eigenvalue weighted by Gasteiger charge is -2.26. The average molecular weight is 461 g/mol. The Balaban J connectivity index is 1.58. The molecule has 0 aliphatic carbocycles. The van der Waals surface area contributed by atoms with E-state index in [0.29, 0.717) is 28.6 Å². The van der Waals surface area contributed by atoms with Crippen LogP contribution in [0.15, 0.2) is 42.5 Å². The minimum absolute atomic E-state index is 0.155. The normalized spacial score (nSPS) is 14.0. The van der Waals surface area contributed by atoms with Gasteiger partial charge in [0.25, 0.3) is 11.8 Å². The number of rotatable bonds is 9. The molecule has 9 heteroatoms. The Morgan fingerprint density at radius 1 is 1.12 bits per heavy atom. The van der Waals surface area contributed by atoms with Crippen LogP contribution in [0.25, 0.3) is 0 Å². The Morgan fingerprint density at radius 2 is 1.84 bits per heavy atom. The lowest BCUT2D eigenvalue weighted by molar-refractivity contribution is -0.118. The quantitative estimate of drug-likeness (QED) is 0.598. The van der Waals surface area contributed by atoms with Crippen molar-refractivity contribution in [3.8, 4) is 5.75 Å². The Hall–Kier alpha value is -2.81. The number of halogens is 1. The van der Waals surface area contributed by atoms with E-state index < -0.39 is 0 Å². The van der Waals surface area contributed by atoms with Crippen molar-refractivity contribution in [2.75, 3.05) is 70.3 Å². The number of carbonyl (C=O) groups is 2. The predicted molar refractivity (Wildman–Crippen MR) is 126 cm³/mol. The van der Waals surface area contributed by atoms with Crippen LogP contribution < -0.4 is 20.3 Å². The lowest BCUT2D eigenvalue weighted by Crippen LogP contribution is -2.41. The molecule has 8 nitrogen and oxygen atoms in total. The van der Waals surface area contributed by atoms with E-state index in [1.54, 1.807) is 36.4 Å². The summed E-state index contributed by atoms with van der Waals surface area (Å²) in [5.74, 6) is 0.0412. The van der Waals surface area contributed by atoms with E-state index in [0.717, 1.165) is 38.5 Å². The number of nitrogens with zero attached hydrogens (tertiary/aromatic N) is 2. The molecule has 0 aromatic heterocycles. The smallest absolute Gasteiger partial charge is 0.262 e. The molecule has 1 aliphatic rings. The maximum Gasteiger partial charge on any atom is 0.262 e. The van der Waals surface area contributed by atoms with Crippen molar-refractivity contribution in [3.63, 3.8) is 0 Å². The van der Waals surface area contributed by atoms with Crippen LogP contribution in [0.2, 0.25) is 5.02 Å².